The Morgan fingerprint density at radius 1 is 1.32 bits per heavy atom. The van der Waals surface area contributed by atoms with Gasteiger partial charge < -0.3 is 15.2 Å². The van der Waals surface area contributed by atoms with E-state index < -0.39 is 29.6 Å². The number of amides is 1. The van der Waals surface area contributed by atoms with Crippen LogP contribution in [-0.2, 0) is 9.53 Å². The van der Waals surface area contributed by atoms with E-state index >= 15 is 0 Å². The molecule has 0 radical (unpaired) electrons. The molecule has 1 aliphatic carbocycles. The van der Waals surface area contributed by atoms with Crippen molar-refractivity contribution in [1.82, 2.24) is 5.32 Å². The number of nitrogens with one attached hydrogen (secondary N) is 1. The maximum atomic E-state index is 11.7. The average molecular weight is 269 g/mol. The zero-order chi connectivity index (χ0) is 14.5. The van der Waals surface area contributed by atoms with Crippen LogP contribution in [0.3, 0.4) is 0 Å². The van der Waals surface area contributed by atoms with Gasteiger partial charge in [0.25, 0.3) is 0 Å². The van der Waals surface area contributed by atoms with E-state index in [2.05, 4.69) is 5.32 Å². The molecule has 0 aromatic carbocycles. The molecule has 0 aliphatic heterocycles. The predicted molar refractivity (Wildman–Crippen MR) is 71.9 cm³/mol. The SMILES string of the molecule is CC(C)(C)OC(=O)NC1/C=C\CCCCC1C(=O)O. The van der Waals surface area contributed by atoms with Crippen molar-refractivity contribution in [3.8, 4) is 0 Å². The van der Waals surface area contributed by atoms with E-state index in [0.29, 0.717) is 6.42 Å². The van der Waals surface area contributed by atoms with Gasteiger partial charge in [0, 0.05) is 0 Å². The molecule has 0 fully saturated rings. The van der Waals surface area contributed by atoms with E-state index in [1.807, 2.05) is 6.08 Å². The largest absolute Gasteiger partial charge is 0.481 e. The Morgan fingerprint density at radius 2 is 2.00 bits per heavy atom. The van der Waals surface area contributed by atoms with Gasteiger partial charge in [-0.2, -0.15) is 0 Å². The first-order valence-corrected chi connectivity index (χ1v) is 6.68. The van der Waals surface area contributed by atoms with Gasteiger partial charge in [0.1, 0.15) is 5.60 Å². The first-order valence-electron chi connectivity index (χ1n) is 6.68. The lowest BCUT2D eigenvalue weighted by molar-refractivity contribution is -0.142. The summed E-state index contributed by atoms with van der Waals surface area (Å²) >= 11 is 0. The van der Waals surface area contributed by atoms with E-state index in [0.717, 1.165) is 19.3 Å². The third-order valence-electron chi connectivity index (χ3n) is 2.91. The fourth-order valence-corrected chi connectivity index (χ4v) is 2.05. The Bertz CT molecular complexity index is 357. The van der Waals surface area contributed by atoms with Gasteiger partial charge in [-0.15, -0.1) is 0 Å². The van der Waals surface area contributed by atoms with Crippen LogP contribution in [0.25, 0.3) is 0 Å². The highest BCUT2D eigenvalue weighted by molar-refractivity contribution is 5.74. The second kappa shape index (κ2) is 6.59. The van der Waals surface area contributed by atoms with Crippen molar-refractivity contribution < 1.29 is 19.4 Å². The molecular formula is C14H23NO4. The fraction of sp³-hybridized carbons (Fsp3) is 0.714. The van der Waals surface area contributed by atoms with Crippen molar-refractivity contribution in [1.29, 1.82) is 0 Å². The number of carbonyl (C=O) groups is 2. The minimum atomic E-state index is -0.882. The van der Waals surface area contributed by atoms with Crippen molar-refractivity contribution in [2.24, 2.45) is 5.92 Å². The quantitative estimate of drug-likeness (QED) is 0.756. The highest BCUT2D eigenvalue weighted by atomic mass is 16.6. The van der Waals surface area contributed by atoms with Crippen LogP contribution in [0.1, 0.15) is 46.5 Å². The zero-order valence-corrected chi connectivity index (χ0v) is 11.8. The lowest BCUT2D eigenvalue weighted by atomic mass is 9.90. The number of hydrogen-bond acceptors (Lipinski definition) is 3. The van der Waals surface area contributed by atoms with E-state index in [4.69, 9.17) is 4.74 Å². The van der Waals surface area contributed by atoms with Crippen LogP contribution in [0.15, 0.2) is 12.2 Å². The molecule has 0 aromatic rings. The maximum absolute atomic E-state index is 11.7. The molecule has 0 aromatic heterocycles. The number of aliphatic carboxylic acids is 1. The van der Waals surface area contributed by atoms with Gasteiger partial charge in [0.15, 0.2) is 0 Å². The fourth-order valence-electron chi connectivity index (χ4n) is 2.05. The summed E-state index contributed by atoms with van der Waals surface area (Å²) in [6.07, 6.45) is 6.44. The number of rotatable bonds is 2. The first-order chi connectivity index (χ1) is 8.79. The van der Waals surface area contributed by atoms with E-state index in [9.17, 15) is 14.7 Å². The van der Waals surface area contributed by atoms with E-state index in [-0.39, 0.29) is 0 Å². The zero-order valence-electron chi connectivity index (χ0n) is 11.8. The summed E-state index contributed by atoms with van der Waals surface area (Å²) in [5.74, 6) is -1.48. The van der Waals surface area contributed by atoms with Crippen LogP contribution < -0.4 is 5.32 Å². The lowest BCUT2D eigenvalue weighted by Crippen LogP contribution is -2.44. The molecule has 108 valence electrons. The summed E-state index contributed by atoms with van der Waals surface area (Å²) in [5, 5.41) is 11.9. The van der Waals surface area contributed by atoms with Crippen LogP contribution in [0.5, 0.6) is 0 Å². The third kappa shape index (κ3) is 5.77. The highest BCUT2D eigenvalue weighted by Crippen LogP contribution is 2.19. The smallest absolute Gasteiger partial charge is 0.408 e. The number of carboxylic acid groups (broad SMARTS) is 1. The number of carbonyl (C=O) groups excluding carboxylic acids is 1. The van der Waals surface area contributed by atoms with Crippen LogP contribution in [0, 0.1) is 5.92 Å². The Labute approximate surface area is 114 Å². The van der Waals surface area contributed by atoms with Crippen LogP contribution in [0.4, 0.5) is 4.79 Å². The minimum absolute atomic E-state index is 0.507. The molecule has 0 bridgehead atoms. The predicted octanol–water partition coefficient (Wildman–Crippen LogP) is 2.71. The second-order valence-corrected chi connectivity index (χ2v) is 5.83. The molecule has 2 atom stereocenters. The summed E-state index contributed by atoms with van der Waals surface area (Å²) in [5.41, 5.74) is -0.589. The first kappa shape index (κ1) is 15.5. The molecule has 0 saturated heterocycles. The van der Waals surface area contributed by atoms with Crippen molar-refractivity contribution in [3.63, 3.8) is 0 Å². The molecule has 2 N–H and O–H groups in total. The van der Waals surface area contributed by atoms with Crippen molar-refractivity contribution in [2.75, 3.05) is 0 Å². The molecule has 5 nitrogen and oxygen atoms in total. The summed E-state index contributed by atoms with van der Waals surface area (Å²) in [6, 6.07) is -0.507. The molecule has 1 rings (SSSR count). The van der Waals surface area contributed by atoms with E-state index in [1.165, 1.54) is 0 Å². The molecule has 0 saturated carbocycles. The maximum Gasteiger partial charge on any atom is 0.408 e. The normalized spacial score (nSPS) is 25.8. The molecule has 1 amide bonds. The van der Waals surface area contributed by atoms with Crippen molar-refractivity contribution in [2.45, 2.75) is 58.1 Å². The Balaban J connectivity index is 2.71. The Kier molecular flexibility index (Phi) is 5.39. The van der Waals surface area contributed by atoms with Crippen LogP contribution in [-0.4, -0.2) is 28.8 Å². The van der Waals surface area contributed by atoms with Crippen molar-refractivity contribution in [3.05, 3.63) is 12.2 Å². The van der Waals surface area contributed by atoms with Crippen LogP contribution in [0.2, 0.25) is 0 Å². The molecule has 2 unspecified atom stereocenters. The Morgan fingerprint density at radius 3 is 2.58 bits per heavy atom. The van der Waals surface area contributed by atoms with Gasteiger partial charge in [-0.3, -0.25) is 4.79 Å². The highest BCUT2D eigenvalue weighted by Gasteiger charge is 2.29. The lowest BCUT2D eigenvalue weighted by Gasteiger charge is -2.26. The number of hydrogen-bond donors (Lipinski definition) is 2. The molecule has 0 heterocycles. The van der Waals surface area contributed by atoms with Gasteiger partial charge in [-0.25, -0.2) is 4.79 Å². The number of ether oxygens (including phenoxy) is 1. The molecular weight excluding hydrogens is 246 g/mol. The number of carboxylic acids is 1. The van der Waals surface area contributed by atoms with Gasteiger partial charge in [-0.05, 0) is 40.0 Å². The van der Waals surface area contributed by atoms with Crippen LogP contribution >= 0.6 is 0 Å². The molecule has 0 spiro atoms. The average Bonchev–Trinajstić information content (AvgIpc) is 2.18. The van der Waals surface area contributed by atoms with Crippen molar-refractivity contribution >= 4 is 12.1 Å². The van der Waals surface area contributed by atoms with Gasteiger partial charge in [-0.1, -0.05) is 18.6 Å². The van der Waals surface area contributed by atoms with Gasteiger partial charge in [0.05, 0.1) is 12.0 Å². The van der Waals surface area contributed by atoms with E-state index in [1.54, 1.807) is 26.8 Å². The topological polar surface area (TPSA) is 75.6 Å². The summed E-state index contributed by atoms with van der Waals surface area (Å²) in [7, 11) is 0. The minimum Gasteiger partial charge on any atom is -0.481 e. The number of allylic oxidation sites excluding steroid dienone is 1. The summed E-state index contributed by atoms with van der Waals surface area (Å²) in [4.78, 5) is 23.0. The van der Waals surface area contributed by atoms with Gasteiger partial charge in [0.2, 0.25) is 0 Å². The summed E-state index contributed by atoms with van der Waals surface area (Å²) in [6.45, 7) is 5.32. The third-order valence-corrected chi connectivity index (χ3v) is 2.91. The Hall–Kier alpha value is -1.52. The monoisotopic (exact) mass is 269 g/mol. The summed E-state index contributed by atoms with van der Waals surface area (Å²) < 4.78 is 5.16. The molecule has 5 heteroatoms. The standard InChI is InChI=1S/C14H23NO4/c1-14(2,3)19-13(18)15-11-9-7-5-4-6-8-10(11)12(16)17/h7,9-11H,4-6,8H2,1-3H3,(H,15,18)(H,16,17)/b9-7-. The molecule has 19 heavy (non-hydrogen) atoms. The van der Waals surface area contributed by atoms with Gasteiger partial charge >= 0.3 is 12.1 Å². The second-order valence-electron chi connectivity index (χ2n) is 5.83. The number of alkyl carbamates (subject to hydrolysis) is 1. The molecule has 1 aliphatic rings.